The van der Waals surface area contributed by atoms with E-state index in [4.69, 9.17) is 14.2 Å². The van der Waals surface area contributed by atoms with Crippen LogP contribution in [0.5, 0.6) is 17.2 Å². The summed E-state index contributed by atoms with van der Waals surface area (Å²) in [6.07, 6.45) is 0. The molecule has 0 aliphatic heterocycles. The summed E-state index contributed by atoms with van der Waals surface area (Å²) in [5, 5.41) is 2.94. The van der Waals surface area contributed by atoms with Crippen molar-refractivity contribution in [1.29, 1.82) is 0 Å². The minimum Gasteiger partial charge on any atom is -0.493 e. The molecule has 4 rings (SSSR count). The van der Waals surface area contributed by atoms with Crippen molar-refractivity contribution < 1.29 is 19.0 Å². The summed E-state index contributed by atoms with van der Waals surface area (Å²) in [6.45, 7) is 5.28. The normalized spacial score (nSPS) is 10.5. The van der Waals surface area contributed by atoms with E-state index in [1.165, 1.54) is 5.56 Å². The van der Waals surface area contributed by atoms with Crippen LogP contribution in [-0.4, -0.2) is 12.5 Å². The summed E-state index contributed by atoms with van der Waals surface area (Å²) in [5.41, 5.74) is 4.29. The molecule has 5 nitrogen and oxygen atoms in total. The van der Waals surface area contributed by atoms with E-state index in [0.29, 0.717) is 36.8 Å². The van der Waals surface area contributed by atoms with Crippen molar-refractivity contribution in [3.63, 3.8) is 0 Å². The van der Waals surface area contributed by atoms with E-state index in [1.807, 2.05) is 105 Å². The number of rotatable bonds is 10. The molecule has 0 aliphatic carbocycles. The quantitative estimate of drug-likeness (QED) is 0.279. The number of carbonyl (C=O) groups excluding carboxylic acids is 1. The van der Waals surface area contributed by atoms with E-state index in [-0.39, 0.29) is 5.91 Å². The first kappa shape index (κ1) is 23.9. The van der Waals surface area contributed by atoms with E-state index in [1.54, 1.807) is 6.07 Å². The van der Waals surface area contributed by atoms with Crippen molar-refractivity contribution in [2.45, 2.75) is 27.1 Å². The number of aryl methyl sites for hydroxylation is 1. The lowest BCUT2D eigenvalue weighted by molar-refractivity contribution is 0.102. The zero-order valence-corrected chi connectivity index (χ0v) is 20.0. The van der Waals surface area contributed by atoms with E-state index < -0.39 is 0 Å². The van der Waals surface area contributed by atoms with Crippen molar-refractivity contribution in [3.05, 3.63) is 119 Å². The van der Waals surface area contributed by atoms with Gasteiger partial charge in [0.15, 0.2) is 0 Å². The molecule has 0 bridgehead atoms. The third-order valence-corrected chi connectivity index (χ3v) is 5.40. The predicted molar refractivity (Wildman–Crippen MR) is 138 cm³/mol. The van der Waals surface area contributed by atoms with Crippen molar-refractivity contribution in [2.75, 3.05) is 11.9 Å². The molecule has 5 heteroatoms. The molecule has 0 saturated carbocycles. The lowest BCUT2D eigenvalue weighted by Gasteiger charge is -2.14. The van der Waals surface area contributed by atoms with Crippen molar-refractivity contribution in [2.24, 2.45) is 0 Å². The molecular weight excluding hydrogens is 438 g/mol. The third-order valence-electron chi connectivity index (χ3n) is 5.40. The lowest BCUT2D eigenvalue weighted by atomic mass is 10.1. The second kappa shape index (κ2) is 11.7. The number of ether oxygens (including phenoxy) is 3. The van der Waals surface area contributed by atoms with Crippen LogP contribution in [0.4, 0.5) is 5.69 Å². The highest BCUT2D eigenvalue weighted by molar-refractivity contribution is 6.04. The molecule has 4 aromatic rings. The SMILES string of the molecule is CCOc1ccc(C(=O)Nc2ccc(OCc3ccccc3)cc2)cc1COc1ccc(C)cc1. The minimum atomic E-state index is -0.206. The van der Waals surface area contributed by atoms with Crippen molar-refractivity contribution in [3.8, 4) is 17.2 Å². The summed E-state index contributed by atoms with van der Waals surface area (Å²) in [5.74, 6) is 2.00. The van der Waals surface area contributed by atoms with Crippen LogP contribution in [0.25, 0.3) is 0 Å². The monoisotopic (exact) mass is 467 g/mol. The first-order valence-corrected chi connectivity index (χ1v) is 11.6. The lowest BCUT2D eigenvalue weighted by Crippen LogP contribution is -2.13. The van der Waals surface area contributed by atoms with Crippen LogP contribution in [0.3, 0.4) is 0 Å². The van der Waals surface area contributed by atoms with Gasteiger partial charge in [0, 0.05) is 16.8 Å². The van der Waals surface area contributed by atoms with Gasteiger partial charge in [-0.2, -0.15) is 0 Å². The summed E-state index contributed by atoms with van der Waals surface area (Å²) in [6, 6.07) is 30.6. The number of carbonyl (C=O) groups is 1. The fourth-order valence-corrected chi connectivity index (χ4v) is 3.50. The minimum absolute atomic E-state index is 0.206. The Kier molecular flexibility index (Phi) is 8.02. The van der Waals surface area contributed by atoms with Crippen LogP contribution in [-0.2, 0) is 13.2 Å². The Hall–Kier alpha value is -4.25. The molecule has 178 valence electrons. The average molecular weight is 468 g/mol. The first-order chi connectivity index (χ1) is 17.1. The molecular formula is C30H29NO4. The Morgan fingerprint density at radius 3 is 2.09 bits per heavy atom. The fourth-order valence-electron chi connectivity index (χ4n) is 3.50. The van der Waals surface area contributed by atoms with Crippen molar-refractivity contribution in [1.82, 2.24) is 0 Å². The summed E-state index contributed by atoms with van der Waals surface area (Å²) in [7, 11) is 0. The molecule has 1 N–H and O–H groups in total. The zero-order chi connectivity index (χ0) is 24.5. The van der Waals surface area contributed by atoms with Crippen molar-refractivity contribution >= 4 is 11.6 Å². The number of hydrogen-bond donors (Lipinski definition) is 1. The standard InChI is InChI=1S/C30H29NO4/c1-3-33-29-18-11-24(19-25(29)21-35-27-14-9-22(2)10-15-27)30(32)31-26-12-16-28(17-13-26)34-20-23-7-5-4-6-8-23/h4-19H,3,20-21H2,1-2H3,(H,31,32). The van der Waals surface area contributed by atoms with Crippen LogP contribution >= 0.6 is 0 Å². The largest absolute Gasteiger partial charge is 0.493 e. The average Bonchev–Trinajstić information content (AvgIpc) is 2.89. The molecule has 35 heavy (non-hydrogen) atoms. The van der Waals surface area contributed by atoms with Gasteiger partial charge in [-0.3, -0.25) is 4.79 Å². The Labute approximate surface area is 206 Å². The second-order valence-electron chi connectivity index (χ2n) is 8.11. The van der Waals surface area contributed by atoms with Gasteiger partial charge in [0.25, 0.3) is 5.91 Å². The van der Waals surface area contributed by atoms with Gasteiger partial charge in [0.1, 0.15) is 30.5 Å². The van der Waals surface area contributed by atoms with Gasteiger partial charge in [-0.25, -0.2) is 0 Å². The second-order valence-corrected chi connectivity index (χ2v) is 8.11. The Morgan fingerprint density at radius 1 is 0.743 bits per heavy atom. The summed E-state index contributed by atoms with van der Waals surface area (Å²) >= 11 is 0. The van der Waals surface area contributed by atoms with E-state index in [0.717, 1.165) is 22.6 Å². The number of amides is 1. The summed E-state index contributed by atoms with van der Waals surface area (Å²) < 4.78 is 17.5. The van der Waals surface area contributed by atoms with Gasteiger partial charge in [0.05, 0.1) is 6.61 Å². The zero-order valence-electron chi connectivity index (χ0n) is 20.0. The molecule has 0 heterocycles. The third kappa shape index (κ3) is 6.87. The van der Waals surface area contributed by atoms with Gasteiger partial charge < -0.3 is 19.5 Å². The van der Waals surface area contributed by atoms with E-state index in [2.05, 4.69) is 5.32 Å². The number of nitrogens with one attached hydrogen (secondary N) is 1. The number of hydrogen-bond acceptors (Lipinski definition) is 4. The van der Waals surface area contributed by atoms with Gasteiger partial charge in [0.2, 0.25) is 0 Å². The molecule has 0 fully saturated rings. The van der Waals surface area contributed by atoms with Gasteiger partial charge in [-0.05, 0) is 74.0 Å². The Morgan fingerprint density at radius 2 is 1.40 bits per heavy atom. The highest BCUT2D eigenvalue weighted by atomic mass is 16.5. The van der Waals surface area contributed by atoms with Crippen LogP contribution < -0.4 is 19.5 Å². The Balaban J connectivity index is 1.39. The molecule has 0 atom stereocenters. The maximum atomic E-state index is 12.9. The van der Waals surface area contributed by atoms with Gasteiger partial charge in [-0.15, -0.1) is 0 Å². The highest BCUT2D eigenvalue weighted by Gasteiger charge is 2.12. The van der Waals surface area contributed by atoms with Crippen LogP contribution in [0, 0.1) is 6.92 Å². The number of benzene rings is 4. The van der Waals surface area contributed by atoms with Crippen LogP contribution in [0.15, 0.2) is 97.1 Å². The highest BCUT2D eigenvalue weighted by Crippen LogP contribution is 2.24. The molecule has 0 unspecified atom stereocenters. The molecule has 0 aromatic heterocycles. The number of anilines is 1. The smallest absolute Gasteiger partial charge is 0.255 e. The van der Waals surface area contributed by atoms with E-state index >= 15 is 0 Å². The Bertz CT molecular complexity index is 1240. The predicted octanol–water partition coefficient (Wildman–Crippen LogP) is 6.80. The van der Waals surface area contributed by atoms with Gasteiger partial charge >= 0.3 is 0 Å². The molecule has 0 saturated heterocycles. The maximum Gasteiger partial charge on any atom is 0.255 e. The first-order valence-electron chi connectivity index (χ1n) is 11.6. The molecule has 4 aromatic carbocycles. The van der Waals surface area contributed by atoms with Crippen LogP contribution in [0.1, 0.15) is 34.0 Å². The topological polar surface area (TPSA) is 56.8 Å². The molecule has 0 spiro atoms. The fraction of sp³-hybridized carbons (Fsp3) is 0.167. The van der Waals surface area contributed by atoms with Gasteiger partial charge in [-0.1, -0.05) is 48.0 Å². The van der Waals surface area contributed by atoms with Crippen LogP contribution in [0.2, 0.25) is 0 Å². The summed E-state index contributed by atoms with van der Waals surface area (Å²) in [4.78, 5) is 12.9. The maximum absolute atomic E-state index is 12.9. The van der Waals surface area contributed by atoms with E-state index in [9.17, 15) is 4.79 Å². The molecule has 1 amide bonds. The molecule has 0 aliphatic rings. The molecule has 0 radical (unpaired) electrons.